The average molecular weight is 337 g/mol. The maximum absolute atomic E-state index is 5.58. The number of aromatic nitrogens is 4. The van der Waals surface area contributed by atoms with Crippen molar-refractivity contribution >= 4 is 0 Å². The van der Waals surface area contributed by atoms with Crippen LogP contribution in [0.5, 0.6) is 0 Å². The second-order valence-electron chi connectivity index (χ2n) is 7.80. The Hall–Kier alpha value is -2.47. The van der Waals surface area contributed by atoms with Crippen molar-refractivity contribution in [1.82, 2.24) is 25.2 Å². The molecule has 3 aromatic rings. The third kappa shape index (κ3) is 3.22. The van der Waals surface area contributed by atoms with Crippen molar-refractivity contribution in [1.29, 1.82) is 0 Å². The molecule has 0 saturated carbocycles. The monoisotopic (exact) mass is 337 g/mol. The summed E-state index contributed by atoms with van der Waals surface area (Å²) >= 11 is 0. The number of hydrogen-bond acceptors (Lipinski definition) is 5. The Morgan fingerprint density at radius 2 is 2.00 bits per heavy atom. The maximum atomic E-state index is 5.58. The van der Waals surface area contributed by atoms with Crippen LogP contribution in [0, 0.1) is 0 Å². The van der Waals surface area contributed by atoms with Crippen molar-refractivity contribution in [2.75, 3.05) is 6.54 Å². The first-order chi connectivity index (χ1) is 11.9. The fourth-order valence-electron chi connectivity index (χ4n) is 3.61. The van der Waals surface area contributed by atoms with E-state index in [1.54, 1.807) is 0 Å². The Balaban J connectivity index is 1.50. The van der Waals surface area contributed by atoms with Gasteiger partial charge in [0.05, 0.1) is 17.3 Å². The first kappa shape index (κ1) is 16.0. The number of rotatable bonds is 4. The molecule has 6 nitrogen and oxygen atoms in total. The lowest BCUT2D eigenvalue weighted by atomic mass is 9.84. The highest BCUT2D eigenvalue weighted by Crippen LogP contribution is 2.36. The predicted molar refractivity (Wildman–Crippen MR) is 94.7 cm³/mol. The van der Waals surface area contributed by atoms with Gasteiger partial charge in [-0.15, -0.1) is 0 Å². The topological polar surface area (TPSA) is 68.8 Å². The van der Waals surface area contributed by atoms with Gasteiger partial charge in [0.15, 0.2) is 5.82 Å². The van der Waals surface area contributed by atoms with Crippen LogP contribution in [0.15, 0.2) is 47.2 Å². The van der Waals surface area contributed by atoms with Gasteiger partial charge >= 0.3 is 0 Å². The van der Waals surface area contributed by atoms with Gasteiger partial charge in [-0.3, -0.25) is 0 Å². The van der Waals surface area contributed by atoms with Gasteiger partial charge in [0.1, 0.15) is 0 Å². The third-order valence-corrected chi connectivity index (χ3v) is 4.79. The Bertz CT molecular complexity index is 867. The summed E-state index contributed by atoms with van der Waals surface area (Å²) in [6, 6.07) is 10.0. The molecule has 130 valence electrons. The van der Waals surface area contributed by atoms with Crippen LogP contribution in [0.2, 0.25) is 0 Å². The summed E-state index contributed by atoms with van der Waals surface area (Å²) in [5.74, 6) is 1.42. The molecule has 1 N–H and O–H groups in total. The van der Waals surface area contributed by atoms with Crippen LogP contribution < -0.4 is 5.32 Å². The van der Waals surface area contributed by atoms with E-state index in [1.165, 1.54) is 0 Å². The maximum Gasteiger partial charge on any atom is 0.233 e. The number of nitrogens with one attached hydrogen (secondary N) is 1. The molecule has 0 spiro atoms. The molecule has 0 bridgehead atoms. The van der Waals surface area contributed by atoms with Gasteiger partial charge in [-0.25, -0.2) is 4.68 Å². The lowest BCUT2D eigenvalue weighted by molar-refractivity contribution is 0.295. The Morgan fingerprint density at radius 3 is 2.72 bits per heavy atom. The Kier molecular flexibility index (Phi) is 3.72. The molecule has 0 aliphatic carbocycles. The fraction of sp³-hybridized carbons (Fsp3) is 0.421. The van der Waals surface area contributed by atoms with Gasteiger partial charge in [0, 0.05) is 24.7 Å². The second kappa shape index (κ2) is 5.81. The molecule has 2 aromatic heterocycles. The van der Waals surface area contributed by atoms with Crippen molar-refractivity contribution in [3.05, 3.63) is 60.0 Å². The highest BCUT2D eigenvalue weighted by molar-refractivity contribution is 5.31. The lowest BCUT2D eigenvalue weighted by Crippen LogP contribution is -2.31. The molecule has 1 aromatic carbocycles. The highest BCUT2D eigenvalue weighted by Gasteiger charge is 2.44. The lowest BCUT2D eigenvalue weighted by Gasteiger charge is -2.20. The molecular formula is C19H23N5O. The molecule has 0 amide bonds. The van der Waals surface area contributed by atoms with E-state index in [1.807, 2.05) is 47.4 Å². The molecule has 0 radical (unpaired) electrons. The van der Waals surface area contributed by atoms with Crippen LogP contribution in [0.4, 0.5) is 0 Å². The van der Waals surface area contributed by atoms with Crippen molar-refractivity contribution in [3.63, 3.8) is 0 Å². The average Bonchev–Trinajstić information content (AvgIpc) is 3.29. The summed E-state index contributed by atoms with van der Waals surface area (Å²) in [4.78, 5) is 4.65. The van der Waals surface area contributed by atoms with Crippen LogP contribution in [-0.4, -0.2) is 32.0 Å². The predicted octanol–water partition coefficient (Wildman–Crippen LogP) is 2.88. The molecule has 6 heteroatoms. The van der Waals surface area contributed by atoms with E-state index in [9.17, 15) is 0 Å². The van der Waals surface area contributed by atoms with Gasteiger partial charge in [-0.05, 0) is 44.9 Å². The Labute approximate surface area is 147 Å². The van der Waals surface area contributed by atoms with Crippen molar-refractivity contribution in [2.24, 2.45) is 0 Å². The minimum Gasteiger partial charge on any atom is -0.339 e. The van der Waals surface area contributed by atoms with Gasteiger partial charge in [-0.1, -0.05) is 23.4 Å². The number of hydrogen-bond donors (Lipinski definition) is 1. The van der Waals surface area contributed by atoms with Crippen molar-refractivity contribution < 1.29 is 4.52 Å². The quantitative estimate of drug-likeness (QED) is 0.793. The molecule has 1 saturated heterocycles. The van der Waals surface area contributed by atoms with Gasteiger partial charge < -0.3 is 9.84 Å². The normalized spacial score (nSPS) is 22.4. The molecule has 25 heavy (non-hydrogen) atoms. The highest BCUT2D eigenvalue weighted by atomic mass is 16.5. The minimum absolute atomic E-state index is 0.0974. The summed E-state index contributed by atoms with van der Waals surface area (Å²) < 4.78 is 7.44. The second-order valence-corrected chi connectivity index (χ2v) is 7.80. The van der Waals surface area contributed by atoms with Crippen LogP contribution >= 0.6 is 0 Å². The van der Waals surface area contributed by atoms with E-state index in [0.717, 1.165) is 30.1 Å². The summed E-state index contributed by atoms with van der Waals surface area (Å²) in [5.41, 5.74) is 2.09. The van der Waals surface area contributed by atoms with Gasteiger partial charge in [-0.2, -0.15) is 10.1 Å². The van der Waals surface area contributed by atoms with Gasteiger partial charge in [0.2, 0.25) is 5.89 Å². The molecule has 1 aliphatic heterocycles. The fourth-order valence-corrected chi connectivity index (χ4v) is 3.61. The van der Waals surface area contributed by atoms with Crippen molar-refractivity contribution in [2.45, 2.75) is 44.6 Å². The first-order valence-corrected chi connectivity index (χ1v) is 8.61. The Morgan fingerprint density at radius 1 is 1.20 bits per heavy atom. The summed E-state index contributed by atoms with van der Waals surface area (Å²) in [6.07, 6.45) is 5.45. The molecule has 1 unspecified atom stereocenters. The van der Waals surface area contributed by atoms with E-state index in [0.29, 0.717) is 12.2 Å². The van der Waals surface area contributed by atoms with E-state index in [2.05, 4.69) is 41.3 Å². The summed E-state index contributed by atoms with van der Waals surface area (Å²) in [5, 5.41) is 12.1. The molecule has 3 heterocycles. The molecule has 1 atom stereocenters. The van der Waals surface area contributed by atoms with E-state index >= 15 is 0 Å². The third-order valence-electron chi connectivity index (χ3n) is 4.79. The standard InChI is InChI=1S/C19H23N5O/c1-18(2)12-19(3,13-20-18)17-22-16(23-25-17)9-14-10-21-24(11-14)15-7-5-4-6-8-15/h4-8,10-11,20H,9,12-13H2,1-3H3. The minimum atomic E-state index is -0.108. The number of benzene rings is 1. The van der Waals surface area contributed by atoms with E-state index in [-0.39, 0.29) is 11.0 Å². The molecule has 1 aliphatic rings. The largest absolute Gasteiger partial charge is 0.339 e. The number of nitrogens with zero attached hydrogens (tertiary/aromatic N) is 4. The number of para-hydroxylation sites is 1. The van der Waals surface area contributed by atoms with E-state index in [4.69, 9.17) is 4.52 Å². The summed E-state index contributed by atoms with van der Waals surface area (Å²) in [6.45, 7) is 7.44. The zero-order valence-corrected chi connectivity index (χ0v) is 14.9. The summed E-state index contributed by atoms with van der Waals surface area (Å²) in [7, 11) is 0. The van der Waals surface area contributed by atoms with Crippen LogP contribution in [0.3, 0.4) is 0 Å². The first-order valence-electron chi connectivity index (χ1n) is 8.61. The SMILES string of the molecule is CC1(C)CC(C)(c2nc(Cc3cnn(-c4ccccc4)c3)no2)CN1. The molecular weight excluding hydrogens is 314 g/mol. The smallest absolute Gasteiger partial charge is 0.233 e. The van der Waals surface area contributed by atoms with Crippen molar-refractivity contribution in [3.8, 4) is 5.69 Å². The van der Waals surface area contributed by atoms with Crippen LogP contribution in [0.1, 0.15) is 44.5 Å². The van der Waals surface area contributed by atoms with E-state index < -0.39 is 0 Å². The zero-order valence-electron chi connectivity index (χ0n) is 14.9. The van der Waals surface area contributed by atoms with Gasteiger partial charge in [0.25, 0.3) is 0 Å². The molecule has 1 fully saturated rings. The molecule has 4 rings (SSSR count). The van der Waals surface area contributed by atoms with Crippen LogP contribution in [0.25, 0.3) is 5.69 Å². The zero-order chi connectivity index (χ0) is 17.5. The van der Waals surface area contributed by atoms with Crippen LogP contribution in [-0.2, 0) is 11.8 Å².